The molecule has 9 nitrogen and oxygen atoms in total. The van der Waals surface area contributed by atoms with E-state index in [4.69, 9.17) is 4.74 Å². The SMILES string of the molecule is Cc1ccc(S(=O)(=O)NNC(=O)[C@@H]2Cc3ccccc3O2)cc1[N+](=O)[O-]. The Kier molecular flexibility index (Phi) is 4.62. The van der Waals surface area contributed by atoms with Crippen LogP contribution in [0.2, 0.25) is 0 Å². The van der Waals surface area contributed by atoms with Gasteiger partial charge < -0.3 is 4.74 Å². The van der Waals surface area contributed by atoms with Crippen molar-refractivity contribution >= 4 is 21.6 Å². The molecule has 10 heteroatoms. The molecule has 0 radical (unpaired) electrons. The van der Waals surface area contributed by atoms with Crippen LogP contribution >= 0.6 is 0 Å². The maximum absolute atomic E-state index is 12.3. The monoisotopic (exact) mass is 377 g/mol. The minimum Gasteiger partial charge on any atom is -0.480 e. The first kappa shape index (κ1) is 17.8. The van der Waals surface area contributed by atoms with Crippen LogP contribution < -0.4 is 15.0 Å². The van der Waals surface area contributed by atoms with Gasteiger partial charge in [-0.25, -0.2) is 8.42 Å². The number of hydrazine groups is 1. The van der Waals surface area contributed by atoms with Gasteiger partial charge in [0, 0.05) is 18.1 Å². The number of nitrogens with one attached hydrogen (secondary N) is 2. The number of aryl methyl sites for hydroxylation is 1. The molecule has 0 saturated heterocycles. The number of nitro groups is 1. The molecule has 0 spiro atoms. The molecular weight excluding hydrogens is 362 g/mol. The molecule has 2 N–H and O–H groups in total. The first-order chi connectivity index (χ1) is 12.3. The molecule has 3 rings (SSSR count). The van der Waals surface area contributed by atoms with Gasteiger partial charge in [-0.05, 0) is 24.6 Å². The lowest BCUT2D eigenvalue weighted by atomic mass is 10.1. The van der Waals surface area contributed by atoms with Crippen molar-refractivity contribution in [1.29, 1.82) is 0 Å². The molecule has 1 amide bonds. The number of rotatable bonds is 5. The summed E-state index contributed by atoms with van der Waals surface area (Å²) in [5, 5.41) is 11.0. The normalized spacial score (nSPS) is 15.8. The zero-order valence-corrected chi connectivity index (χ0v) is 14.4. The van der Waals surface area contributed by atoms with Gasteiger partial charge in [0.25, 0.3) is 21.6 Å². The second-order valence-corrected chi connectivity index (χ2v) is 7.40. The molecule has 0 aliphatic carbocycles. The summed E-state index contributed by atoms with van der Waals surface area (Å²) in [4.78, 5) is 24.0. The van der Waals surface area contributed by atoms with Gasteiger partial charge in [0.05, 0.1) is 9.82 Å². The summed E-state index contributed by atoms with van der Waals surface area (Å²) in [5.41, 5.74) is 2.94. The Morgan fingerprint density at radius 2 is 2.00 bits per heavy atom. The average molecular weight is 377 g/mol. The quantitative estimate of drug-likeness (QED) is 0.596. The molecule has 1 aliphatic rings. The summed E-state index contributed by atoms with van der Waals surface area (Å²) in [5.74, 6) is -0.0870. The van der Waals surface area contributed by atoms with Crippen LogP contribution in [0.4, 0.5) is 5.69 Å². The predicted molar refractivity (Wildman–Crippen MR) is 90.9 cm³/mol. The summed E-state index contributed by atoms with van der Waals surface area (Å²) in [6, 6.07) is 10.6. The van der Waals surface area contributed by atoms with Crippen LogP contribution in [0, 0.1) is 17.0 Å². The maximum Gasteiger partial charge on any atom is 0.276 e. The molecule has 0 aromatic heterocycles. The summed E-state index contributed by atoms with van der Waals surface area (Å²) in [6.45, 7) is 1.50. The first-order valence-electron chi connectivity index (χ1n) is 7.59. The molecule has 1 aliphatic heterocycles. The van der Waals surface area contributed by atoms with Crippen LogP contribution in [-0.2, 0) is 21.2 Å². The van der Waals surface area contributed by atoms with Crippen LogP contribution in [0.3, 0.4) is 0 Å². The van der Waals surface area contributed by atoms with Gasteiger partial charge in [0.2, 0.25) is 0 Å². The van der Waals surface area contributed by atoms with Crippen LogP contribution in [-0.4, -0.2) is 25.4 Å². The topological polar surface area (TPSA) is 128 Å². The van der Waals surface area contributed by atoms with Crippen LogP contribution in [0.1, 0.15) is 11.1 Å². The fourth-order valence-electron chi connectivity index (χ4n) is 2.54. The van der Waals surface area contributed by atoms with E-state index in [1.165, 1.54) is 19.1 Å². The fourth-order valence-corrected chi connectivity index (χ4v) is 3.41. The molecular formula is C16H15N3O6S. The van der Waals surface area contributed by atoms with Crippen LogP contribution in [0.5, 0.6) is 5.75 Å². The number of benzene rings is 2. The predicted octanol–water partition coefficient (Wildman–Crippen LogP) is 1.22. The Balaban J connectivity index is 1.68. The van der Waals surface area contributed by atoms with Gasteiger partial charge in [-0.15, -0.1) is 4.83 Å². The molecule has 0 saturated carbocycles. The number of carbonyl (C=O) groups excluding carboxylic acids is 1. The summed E-state index contributed by atoms with van der Waals surface area (Å²) in [7, 11) is -4.17. The lowest BCUT2D eigenvalue weighted by Crippen LogP contribution is -2.47. The van der Waals surface area contributed by atoms with E-state index in [0.717, 1.165) is 11.6 Å². The Hall–Kier alpha value is -2.98. The van der Waals surface area contributed by atoms with Gasteiger partial charge in [-0.3, -0.25) is 20.3 Å². The summed E-state index contributed by atoms with van der Waals surface area (Å²) in [6.07, 6.45) is -0.540. The van der Waals surface area contributed by atoms with Crippen molar-refractivity contribution < 1.29 is 22.9 Å². The molecule has 136 valence electrons. The van der Waals surface area contributed by atoms with Crippen molar-refractivity contribution in [3.63, 3.8) is 0 Å². The zero-order chi connectivity index (χ0) is 18.9. The van der Waals surface area contributed by atoms with Gasteiger partial charge >= 0.3 is 0 Å². The molecule has 2 aromatic carbocycles. The largest absolute Gasteiger partial charge is 0.480 e. The third kappa shape index (κ3) is 3.51. The highest BCUT2D eigenvalue weighted by molar-refractivity contribution is 7.89. The van der Waals surface area contributed by atoms with E-state index in [1.54, 1.807) is 12.1 Å². The van der Waals surface area contributed by atoms with Crippen LogP contribution in [0.15, 0.2) is 47.4 Å². The number of ether oxygens (including phenoxy) is 1. The van der Waals surface area contributed by atoms with Crippen LogP contribution in [0.25, 0.3) is 0 Å². The molecule has 0 unspecified atom stereocenters. The molecule has 1 atom stereocenters. The smallest absolute Gasteiger partial charge is 0.276 e. The van der Waals surface area contributed by atoms with Crippen molar-refractivity contribution in [2.75, 3.05) is 0 Å². The Morgan fingerprint density at radius 3 is 2.69 bits per heavy atom. The van der Waals surface area contributed by atoms with Gasteiger partial charge in [-0.2, -0.15) is 0 Å². The number of nitro benzene ring substituents is 1. The number of fused-ring (bicyclic) bond motifs is 1. The van der Waals surface area contributed by atoms with E-state index in [9.17, 15) is 23.3 Å². The summed E-state index contributed by atoms with van der Waals surface area (Å²) < 4.78 is 30.0. The minimum atomic E-state index is -4.17. The van der Waals surface area contributed by atoms with E-state index >= 15 is 0 Å². The minimum absolute atomic E-state index is 0.319. The highest BCUT2D eigenvalue weighted by atomic mass is 32.2. The maximum atomic E-state index is 12.3. The number of carbonyl (C=O) groups is 1. The van der Waals surface area contributed by atoms with Crippen molar-refractivity contribution in [3.8, 4) is 5.75 Å². The molecule has 1 heterocycles. The fraction of sp³-hybridized carbons (Fsp3) is 0.188. The highest BCUT2D eigenvalue weighted by Crippen LogP contribution is 2.28. The van der Waals surface area contributed by atoms with Crippen molar-refractivity contribution in [2.24, 2.45) is 0 Å². The Morgan fingerprint density at radius 1 is 1.27 bits per heavy atom. The number of hydrogen-bond acceptors (Lipinski definition) is 6. The molecule has 0 fully saturated rings. The lowest BCUT2D eigenvalue weighted by Gasteiger charge is -2.12. The lowest BCUT2D eigenvalue weighted by molar-refractivity contribution is -0.385. The van der Waals surface area contributed by atoms with E-state index in [2.05, 4.69) is 5.43 Å². The van der Waals surface area contributed by atoms with Crippen molar-refractivity contribution in [3.05, 3.63) is 63.7 Å². The number of amides is 1. The molecule has 0 bridgehead atoms. The molecule has 2 aromatic rings. The number of nitrogens with zero attached hydrogens (tertiary/aromatic N) is 1. The Labute approximate surface area is 149 Å². The average Bonchev–Trinajstić information content (AvgIpc) is 3.04. The number of sulfonamides is 1. The second-order valence-electron chi connectivity index (χ2n) is 5.72. The van der Waals surface area contributed by atoms with E-state index in [1.807, 2.05) is 17.0 Å². The van der Waals surface area contributed by atoms with E-state index < -0.39 is 27.0 Å². The zero-order valence-electron chi connectivity index (χ0n) is 13.6. The van der Waals surface area contributed by atoms with Gasteiger partial charge in [0.1, 0.15) is 5.75 Å². The number of hydrogen-bond donors (Lipinski definition) is 2. The van der Waals surface area contributed by atoms with E-state index in [0.29, 0.717) is 17.7 Å². The van der Waals surface area contributed by atoms with Crippen molar-refractivity contribution in [1.82, 2.24) is 10.3 Å². The number of para-hydroxylation sites is 1. The molecule has 26 heavy (non-hydrogen) atoms. The highest BCUT2D eigenvalue weighted by Gasteiger charge is 2.30. The third-order valence-electron chi connectivity index (χ3n) is 3.94. The van der Waals surface area contributed by atoms with Gasteiger partial charge in [-0.1, -0.05) is 24.3 Å². The first-order valence-corrected chi connectivity index (χ1v) is 9.07. The Bertz CT molecular complexity index is 964. The third-order valence-corrected chi connectivity index (χ3v) is 5.18. The summed E-state index contributed by atoms with van der Waals surface area (Å²) >= 11 is 0. The van der Waals surface area contributed by atoms with Gasteiger partial charge in [0.15, 0.2) is 6.10 Å². The van der Waals surface area contributed by atoms with E-state index in [-0.39, 0.29) is 10.6 Å². The van der Waals surface area contributed by atoms with Crippen molar-refractivity contribution in [2.45, 2.75) is 24.3 Å². The second kappa shape index (κ2) is 6.73. The standard InChI is InChI=1S/C16H15N3O6S/c1-10-6-7-12(9-13(10)19(21)22)26(23,24)18-17-16(20)15-8-11-4-2-3-5-14(11)25-15/h2-7,9,15,18H,8H2,1H3,(H,17,20)/t15-/m0/s1.